The molecule has 29 heavy (non-hydrogen) atoms. The van der Waals surface area contributed by atoms with Crippen LogP contribution in [0.1, 0.15) is 5.69 Å². The van der Waals surface area contributed by atoms with Gasteiger partial charge in [-0.15, -0.1) is 22.7 Å². The monoisotopic (exact) mass is 454 g/mol. The number of benzene rings is 1. The van der Waals surface area contributed by atoms with Gasteiger partial charge in [-0.1, -0.05) is 12.1 Å². The highest BCUT2D eigenvalue weighted by molar-refractivity contribution is 7.91. The van der Waals surface area contributed by atoms with E-state index in [2.05, 4.69) is 9.71 Å². The Hall–Kier alpha value is -2.47. The number of nitrogens with zero attached hydrogens (tertiary/aromatic N) is 1. The molecule has 3 aromatic rings. The van der Waals surface area contributed by atoms with Crippen LogP contribution in [-0.2, 0) is 26.2 Å². The molecule has 0 unspecified atom stereocenters. The average Bonchev–Trinajstić information content (AvgIpc) is 3.42. The van der Waals surface area contributed by atoms with Crippen molar-refractivity contribution in [1.82, 2.24) is 9.71 Å². The maximum atomic E-state index is 12.0. The van der Waals surface area contributed by atoms with E-state index in [9.17, 15) is 13.2 Å². The third-order valence-electron chi connectivity index (χ3n) is 3.73. The first-order valence-corrected chi connectivity index (χ1v) is 11.5. The van der Waals surface area contributed by atoms with Crippen molar-refractivity contribution in [3.63, 3.8) is 0 Å². The van der Waals surface area contributed by atoms with Gasteiger partial charge in [-0.25, -0.2) is 13.4 Å². The van der Waals surface area contributed by atoms with Crippen LogP contribution in [0.25, 0.3) is 10.6 Å². The number of sulfonamides is 1. The van der Waals surface area contributed by atoms with Crippen LogP contribution in [0.5, 0.6) is 11.5 Å². The number of methoxy groups -OCH3 is 2. The Balaban J connectivity index is 1.59. The first-order chi connectivity index (χ1) is 13.9. The molecule has 0 aliphatic heterocycles. The Morgan fingerprint density at radius 1 is 1.14 bits per heavy atom. The quantitative estimate of drug-likeness (QED) is 0.496. The summed E-state index contributed by atoms with van der Waals surface area (Å²) in [7, 11) is -0.606. The summed E-state index contributed by atoms with van der Waals surface area (Å²) < 4.78 is 42.2. The van der Waals surface area contributed by atoms with Gasteiger partial charge in [0.15, 0.2) is 11.5 Å². The SMILES string of the molecule is COc1cccc(-c2nc(COC(=O)CNS(=O)(=O)c3cccs3)cs2)c1OC. The van der Waals surface area contributed by atoms with Crippen LogP contribution < -0.4 is 14.2 Å². The number of thiazole rings is 1. The molecule has 0 saturated heterocycles. The lowest BCUT2D eigenvalue weighted by atomic mass is 10.2. The Bertz CT molecular complexity index is 1080. The number of ether oxygens (including phenoxy) is 3. The highest BCUT2D eigenvalue weighted by Crippen LogP contribution is 2.38. The fourth-order valence-corrected chi connectivity index (χ4v) is 5.23. The molecule has 8 nitrogen and oxygen atoms in total. The second-order valence-corrected chi connectivity index (χ2v) is 9.40. The molecular formula is C18H18N2O6S3. The van der Waals surface area contributed by atoms with E-state index in [0.717, 1.165) is 16.9 Å². The van der Waals surface area contributed by atoms with Gasteiger partial charge in [0.25, 0.3) is 10.0 Å². The van der Waals surface area contributed by atoms with E-state index in [1.807, 2.05) is 12.1 Å². The summed E-state index contributed by atoms with van der Waals surface area (Å²) in [5.41, 5.74) is 1.31. The van der Waals surface area contributed by atoms with E-state index in [1.54, 1.807) is 37.1 Å². The van der Waals surface area contributed by atoms with Crippen LogP contribution >= 0.6 is 22.7 Å². The van der Waals surface area contributed by atoms with E-state index < -0.39 is 22.5 Å². The van der Waals surface area contributed by atoms with E-state index in [0.29, 0.717) is 22.2 Å². The van der Waals surface area contributed by atoms with Crippen LogP contribution in [0.4, 0.5) is 0 Å². The molecule has 0 saturated carbocycles. The summed E-state index contributed by atoms with van der Waals surface area (Å²) in [5, 5.41) is 4.09. The number of hydrogen-bond acceptors (Lipinski definition) is 9. The Labute approximate surface area is 176 Å². The van der Waals surface area contributed by atoms with Gasteiger partial charge in [-0.2, -0.15) is 4.72 Å². The largest absolute Gasteiger partial charge is 0.493 e. The molecule has 0 aliphatic carbocycles. The maximum absolute atomic E-state index is 12.0. The van der Waals surface area contributed by atoms with Crippen LogP contribution in [-0.4, -0.2) is 40.1 Å². The van der Waals surface area contributed by atoms with Gasteiger partial charge in [0.1, 0.15) is 22.4 Å². The Kier molecular flexibility index (Phi) is 6.85. The van der Waals surface area contributed by atoms with Crippen LogP contribution in [0.15, 0.2) is 45.3 Å². The van der Waals surface area contributed by atoms with Crippen LogP contribution in [0, 0.1) is 0 Å². The third kappa shape index (κ3) is 5.12. The molecule has 0 radical (unpaired) electrons. The molecule has 3 rings (SSSR count). The van der Waals surface area contributed by atoms with Crippen LogP contribution in [0.2, 0.25) is 0 Å². The summed E-state index contributed by atoms with van der Waals surface area (Å²) >= 11 is 2.44. The summed E-state index contributed by atoms with van der Waals surface area (Å²) in [6.45, 7) is -0.525. The topological polar surface area (TPSA) is 104 Å². The number of carbonyl (C=O) groups excluding carboxylic acids is 1. The highest BCUT2D eigenvalue weighted by Gasteiger charge is 2.18. The van der Waals surface area contributed by atoms with Crippen molar-refractivity contribution in [3.05, 3.63) is 46.8 Å². The number of hydrogen-bond donors (Lipinski definition) is 1. The summed E-state index contributed by atoms with van der Waals surface area (Å²) in [5.74, 6) is 0.459. The van der Waals surface area contributed by atoms with Crippen molar-refractivity contribution < 1.29 is 27.4 Å². The molecule has 0 amide bonds. The Morgan fingerprint density at radius 3 is 2.66 bits per heavy atom. The fraction of sp³-hybridized carbons (Fsp3) is 0.222. The second kappa shape index (κ2) is 9.35. The molecule has 0 spiro atoms. The zero-order valence-corrected chi connectivity index (χ0v) is 18.0. The molecular weight excluding hydrogens is 436 g/mol. The first-order valence-electron chi connectivity index (χ1n) is 8.29. The lowest BCUT2D eigenvalue weighted by molar-refractivity contribution is -0.143. The molecule has 2 aromatic heterocycles. The summed E-state index contributed by atoms with van der Waals surface area (Å²) in [6, 6.07) is 8.55. The number of para-hydroxylation sites is 1. The lowest BCUT2D eigenvalue weighted by Gasteiger charge is -2.10. The maximum Gasteiger partial charge on any atom is 0.321 e. The molecule has 1 aromatic carbocycles. The van der Waals surface area contributed by atoms with E-state index in [-0.39, 0.29) is 10.8 Å². The van der Waals surface area contributed by atoms with E-state index in [4.69, 9.17) is 14.2 Å². The number of esters is 1. The van der Waals surface area contributed by atoms with Crippen molar-refractivity contribution in [3.8, 4) is 22.1 Å². The Morgan fingerprint density at radius 2 is 1.97 bits per heavy atom. The van der Waals surface area contributed by atoms with Crippen molar-refractivity contribution in [2.24, 2.45) is 0 Å². The van der Waals surface area contributed by atoms with Crippen LogP contribution in [0.3, 0.4) is 0 Å². The third-order valence-corrected chi connectivity index (χ3v) is 7.46. The minimum absolute atomic E-state index is 0.0671. The predicted molar refractivity (Wildman–Crippen MR) is 110 cm³/mol. The standard InChI is InChI=1S/C18H18N2O6S3/c1-24-14-6-3-5-13(17(14)25-2)18-20-12(11-28-18)10-26-15(21)9-19-29(22,23)16-7-4-8-27-16/h3-8,11,19H,9-10H2,1-2H3. The predicted octanol–water partition coefficient (Wildman–Crippen LogP) is 2.91. The lowest BCUT2D eigenvalue weighted by Crippen LogP contribution is -2.30. The number of nitrogens with one attached hydrogen (secondary N) is 1. The molecule has 0 atom stereocenters. The average molecular weight is 455 g/mol. The van der Waals surface area contributed by atoms with Crippen molar-refractivity contribution in [1.29, 1.82) is 0 Å². The second-order valence-electron chi connectivity index (χ2n) is 5.60. The highest BCUT2D eigenvalue weighted by atomic mass is 32.2. The summed E-state index contributed by atoms with van der Waals surface area (Å²) in [6.07, 6.45) is 0. The normalized spacial score (nSPS) is 11.2. The number of carbonyl (C=O) groups is 1. The van der Waals surface area contributed by atoms with Crippen molar-refractivity contribution in [2.75, 3.05) is 20.8 Å². The van der Waals surface area contributed by atoms with Gasteiger partial charge in [-0.05, 0) is 23.6 Å². The first kappa shape index (κ1) is 21.2. The minimum atomic E-state index is -3.71. The molecule has 11 heteroatoms. The van der Waals surface area contributed by atoms with Gasteiger partial charge in [0.2, 0.25) is 0 Å². The van der Waals surface area contributed by atoms with Crippen molar-refractivity contribution in [2.45, 2.75) is 10.8 Å². The molecule has 0 bridgehead atoms. The number of aromatic nitrogens is 1. The van der Waals surface area contributed by atoms with Gasteiger partial charge < -0.3 is 14.2 Å². The molecule has 0 aliphatic rings. The van der Waals surface area contributed by atoms with Crippen molar-refractivity contribution >= 4 is 38.7 Å². The smallest absolute Gasteiger partial charge is 0.321 e. The number of thiophene rings is 1. The van der Waals surface area contributed by atoms with Gasteiger partial charge >= 0.3 is 5.97 Å². The van der Waals surface area contributed by atoms with Gasteiger partial charge in [0.05, 0.1) is 25.5 Å². The van der Waals surface area contributed by atoms with Gasteiger partial charge in [-0.3, -0.25) is 4.79 Å². The fourth-order valence-electron chi connectivity index (χ4n) is 2.40. The zero-order valence-electron chi connectivity index (χ0n) is 15.6. The molecule has 1 N–H and O–H groups in total. The number of rotatable bonds is 9. The minimum Gasteiger partial charge on any atom is -0.493 e. The van der Waals surface area contributed by atoms with Gasteiger partial charge in [0, 0.05) is 5.38 Å². The van der Waals surface area contributed by atoms with E-state index >= 15 is 0 Å². The summed E-state index contributed by atoms with van der Waals surface area (Å²) in [4.78, 5) is 16.3. The zero-order chi connectivity index (χ0) is 20.9. The molecule has 154 valence electrons. The molecule has 2 heterocycles. The molecule has 0 fully saturated rings. The van der Waals surface area contributed by atoms with E-state index in [1.165, 1.54) is 17.4 Å².